The smallest absolute Gasteiger partial charge is 0.103 e. The maximum Gasteiger partial charge on any atom is 0.103 e. The molecular formula is C5H7NO. The number of hydrogen-bond donors (Lipinski definition) is 0. The summed E-state index contributed by atoms with van der Waals surface area (Å²) >= 11 is 0. The Morgan fingerprint density at radius 3 is 2.43 bits per heavy atom. The summed E-state index contributed by atoms with van der Waals surface area (Å²) in [7, 11) is 0. The fraction of sp³-hybridized carbons (Fsp3) is 0.200. The standard InChI is InChI=1S/C5H7NO/c1-3-5(4-2)6-7/h3-4H,1H2,2H3/b5-4+. The molecule has 0 bridgehead atoms. The second kappa shape index (κ2) is 3.28. The van der Waals surface area contributed by atoms with E-state index in [1.165, 1.54) is 6.08 Å². The van der Waals surface area contributed by atoms with Crippen molar-refractivity contribution < 1.29 is 0 Å². The maximum atomic E-state index is 9.58. The van der Waals surface area contributed by atoms with Crippen LogP contribution in [0.3, 0.4) is 0 Å². The molecule has 0 aliphatic heterocycles. The number of nitrogens with zero attached hydrogens (tertiary/aromatic N) is 1. The Morgan fingerprint density at radius 1 is 1.86 bits per heavy atom. The van der Waals surface area contributed by atoms with Gasteiger partial charge in [0.05, 0.1) is 0 Å². The van der Waals surface area contributed by atoms with Crippen molar-refractivity contribution in [1.82, 2.24) is 0 Å². The van der Waals surface area contributed by atoms with Gasteiger partial charge in [0, 0.05) is 0 Å². The molecule has 0 saturated carbocycles. The lowest BCUT2D eigenvalue weighted by molar-refractivity contribution is 1.37. The highest BCUT2D eigenvalue weighted by molar-refractivity contribution is 5.12. The Morgan fingerprint density at radius 2 is 2.43 bits per heavy atom. The molecule has 0 N–H and O–H groups in total. The topological polar surface area (TPSA) is 29.4 Å². The Balaban J connectivity index is 3.85. The molecular weight excluding hydrogens is 90.1 g/mol. The third kappa shape index (κ3) is 1.87. The highest BCUT2D eigenvalue weighted by Gasteiger charge is 1.78. The van der Waals surface area contributed by atoms with E-state index in [-0.39, 0.29) is 0 Å². The van der Waals surface area contributed by atoms with E-state index in [0.717, 1.165) is 0 Å². The van der Waals surface area contributed by atoms with Gasteiger partial charge in [-0.05, 0) is 18.2 Å². The Labute approximate surface area is 42.5 Å². The van der Waals surface area contributed by atoms with Crippen LogP contribution in [0.15, 0.2) is 29.6 Å². The summed E-state index contributed by atoms with van der Waals surface area (Å²) in [6.45, 7) is 5.08. The van der Waals surface area contributed by atoms with Gasteiger partial charge in [0.25, 0.3) is 0 Å². The average Bonchev–Trinajstić information content (AvgIpc) is 1.72. The third-order valence-electron chi connectivity index (χ3n) is 0.610. The van der Waals surface area contributed by atoms with Gasteiger partial charge in [0.1, 0.15) is 5.70 Å². The third-order valence-corrected chi connectivity index (χ3v) is 0.610. The Kier molecular flexibility index (Phi) is 2.85. The van der Waals surface area contributed by atoms with Crippen LogP contribution in [0.1, 0.15) is 6.92 Å². The van der Waals surface area contributed by atoms with Crippen molar-refractivity contribution in [2.75, 3.05) is 0 Å². The molecule has 0 aliphatic carbocycles. The predicted octanol–water partition coefficient (Wildman–Crippen LogP) is 1.84. The highest BCUT2D eigenvalue weighted by atomic mass is 16.3. The van der Waals surface area contributed by atoms with E-state index in [1.54, 1.807) is 13.0 Å². The van der Waals surface area contributed by atoms with E-state index >= 15 is 0 Å². The zero-order valence-electron chi connectivity index (χ0n) is 4.22. The van der Waals surface area contributed by atoms with Crippen LogP contribution in [0.5, 0.6) is 0 Å². The van der Waals surface area contributed by atoms with Gasteiger partial charge in [-0.15, -0.1) is 4.91 Å². The van der Waals surface area contributed by atoms with Crippen LogP contribution in [-0.4, -0.2) is 0 Å². The molecule has 0 heterocycles. The minimum Gasteiger partial charge on any atom is -0.145 e. The normalized spacial score (nSPS) is 10.7. The first-order valence-corrected chi connectivity index (χ1v) is 1.97. The van der Waals surface area contributed by atoms with Gasteiger partial charge in [0.2, 0.25) is 0 Å². The predicted molar refractivity (Wildman–Crippen MR) is 29.7 cm³/mol. The van der Waals surface area contributed by atoms with Crippen LogP contribution < -0.4 is 0 Å². The largest absolute Gasteiger partial charge is 0.145 e. The maximum absolute atomic E-state index is 9.58. The first kappa shape index (κ1) is 6.08. The fourth-order valence-electron chi connectivity index (χ4n) is 0.208. The highest BCUT2D eigenvalue weighted by Crippen LogP contribution is 1.93. The van der Waals surface area contributed by atoms with Crippen molar-refractivity contribution in [2.45, 2.75) is 6.92 Å². The van der Waals surface area contributed by atoms with Gasteiger partial charge in [0.15, 0.2) is 0 Å². The molecule has 0 aromatic heterocycles. The van der Waals surface area contributed by atoms with Crippen LogP contribution in [0, 0.1) is 4.91 Å². The van der Waals surface area contributed by atoms with Crippen molar-refractivity contribution in [1.29, 1.82) is 0 Å². The summed E-state index contributed by atoms with van der Waals surface area (Å²) in [6, 6.07) is 0. The van der Waals surface area contributed by atoms with Gasteiger partial charge in [-0.1, -0.05) is 12.7 Å². The molecule has 0 amide bonds. The number of hydrogen-bond acceptors (Lipinski definition) is 2. The van der Waals surface area contributed by atoms with E-state index in [1.807, 2.05) is 0 Å². The molecule has 0 rings (SSSR count). The van der Waals surface area contributed by atoms with Crippen molar-refractivity contribution in [3.63, 3.8) is 0 Å². The Bertz CT molecular complexity index is 94.6. The van der Waals surface area contributed by atoms with Gasteiger partial charge in [-0.25, -0.2) is 0 Å². The number of rotatable bonds is 2. The van der Waals surface area contributed by atoms with Gasteiger partial charge >= 0.3 is 0 Å². The molecule has 2 nitrogen and oxygen atoms in total. The summed E-state index contributed by atoms with van der Waals surface area (Å²) < 4.78 is 0. The molecule has 7 heavy (non-hydrogen) atoms. The molecule has 0 saturated heterocycles. The van der Waals surface area contributed by atoms with E-state index in [9.17, 15) is 4.91 Å². The van der Waals surface area contributed by atoms with Crippen LogP contribution >= 0.6 is 0 Å². The first-order valence-electron chi connectivity index (χ1n) is 1.97. The molecule has 0 unspecified atom stereocenters. The van der Waals surface area contributed by atoms with E-state index in [4.69, 9.17) is 0 Å². The Hall–Kier alpha value is -0.920. The molecule has 0 radical (unpaired) electrons. The van der Waals surface area contributed by atoms with E-state index in [0.29, 0.717) is 5.70 Å². The van der Waals surface area contributed by atoms with E-state index in [2.05, 4.69) is 11.8 Å². The summed E-state index contributed by atoms with van der Waals surface area (Å²) in [5.41, 5.74) is 0.389. The second-order valence-electron chi connectivity index (χ2n) is 1.01. The minimum absolute atomic E-state index is 0.389. The molecule has 0 aromatic rings. The lowest BCUT2D eigenvalue weighted by atomic mass is 10.4. The SMILES string of the molecule is C=C/C(=C\C)N=O. The van der Waals surface area contributed by atoms with Crippen LogP contribution in [0.25, 0.3) is 0 Å². The van der Waals surface area contributed by atoms with Gasteiger partial charge < -0.3 is 0 Å². The van der Waals surface area contributed by atoms with Gasteiger partial charge in [-0.2, -0.15) is 0 Å². The molecule has 38 valence electrons. The quantitative estimate of drug-likeness (QED) is 0.382. The minimum atomic E-state index is 0.389. The molecule has 0 aromatic carbocycles. The molecule has 0 spiro atoms. The molecule has 0 atom stereocenters. The number of allylic oxidation sites excluding steroid dienone is 2. The zero-order valence-corrected chi connectivity index (χ0v) is 4.22. The van der Waals surface area contributed by atoms with Crippen LogP contribution in [0.4, 0.5) is 0 Å². The number of nitroso groups, excluding NO2 is 1. The van der Waals surface area contributed by atoms with Crippen LogP contribution in [-0.2, 0) is 0 Å². The molecule has 2 heteroatoms. The summed E-state index contributed by atoms with van der Waals surface area (Å²) in [6.07, 6.45) is 3.01. The van der Waals surface area contributed by atoms with Crippen LogP contribution in [0.2, 0.25) is 0 Å². The second-order valence-corrected chi connectivity index (χ2v) is 1.01. The summed E-state index contributed by atoms with van der Waals surface area (Å²) in [5.74, 6) is 0. The first-order chi connectivity index (χ1) is 3.35. The lowest BCUT2D eigenvalue weighted by Gasteiger charge is -1.76. The van der Waals surface area contributed by atoms with Crippen molar-refractivity contribution in [3.05, 3.63) is 29.3 Å². The zero-order chi connectivity index (χ0) is 5.70. The summed E-state index contributed by atoms with van der Waals surface area (Å²) in [5, 5.41) is 2.62. The molecule has 0 fully saturated rings. The van der Waals surface area contributed by atoms with Gasteiger partial charge in [-0.3, -0.25) is 0 Å². The lowest BCUT2D eigenvalue weighted by Crippen LogP contribution is -1.61. The molecule has 0 aliphatic rings. The monoisotopic (exact) mass is 97.1 g/mol. The average molecular weight is 97.1 g/mol. The van der Waals surface area contributed by atoms with Crippen molar-refractivity contribution in [3.8, 4) is 0 Å². The van der Waals surface area contributed by atoms with Crippen molar-refractivity contribution in [2.24, 2.45) is 5.18 Å². The fourth-order valence-corrected chi connectivity index (χ4v) is 0.208. The summed E-state index contributed by atoms with van der Waals surface area (Å²) in [4.78, 5) is 9.58. The van der Waals surface area contributed by atoms with Crippen molar-refractivity contribution >= 4 is 0 Å². The van der Waals surface area contributed by atoms with E-state index < -0.39 is 0 Å².